The average Bonchev–Trinajstić information content (AvgIpc) is 3.25. The first kappa shape index (κ1) is 29.5. The van der Waals surface area contributed by atoms with E-state index in [2.05, 4.69) is 15.3 Å². The number of hydrogen-bond donors (Lipinski definition) is 2. The number of aromatic nitrogens is 4. The number of para-hydroxylation sites is 2. The van der Waals surface area contributed by atoms with E-state index in [1.165, 1.54) is 13.0 Å². The fraction of sp³-hybridized carbons (Fsp3) is 0.367. The fourth-order valence-electron chi connectivity index (χ4n) is 5.43. The quantitative estimate of drug-likeness (QED) is 0.290. The molecule has 220 valence electrons. The molecule has 0 radical (unpaired) electrons. The Balaban J connectivity index is 1.29. The number of rotatable bonds is 9. The second-order valence-corrected chi connectivity index (χ2v) is 11.1. The van der Waals surface area contributed by atoms with E-state index in [4.69, 9.17) is 11.6 Å². The van der Waals surface area contributed by atoms with Crippen molar-refractivity contribution >= 4 is 34.3 Å². The van der Waals surface area contributed by atoms with Gasteiger partial charge >= 0.3 is 5.69 Å². The van der Waals surface area contributed by atoms with Crippen LogP contribution in [0.5, 0.6) is 0 Å². The van der Waals surface area contributed by atoms with Crippen LogP contribution in [0.2, 0.25) is 5.02 Å². The first-order valence-electron chi connectivity index (χ1n) is 13.7. The van der Waals surface area contributed by atoms with Crippen LogP contribution in [0.4, 0.5) is 8.78 Å². The molecule has 2 N–H and O–H groups in total. The zero-order chi connectivity index (χ0) is 30.0. The second-order valence-electron chi connectivity index (χ2n) is 10.6. The number of amides is 1. The van der Waals surface area contributed by atoms with Crippen LogP contribution in [-0.4, -0.2) is 48.0 Å². The number of fused-ring (bicyclic) bond motifs is 1. The van der Waals surface area contributed by atoms with Crippen molar-refractivity contribution in [3.63, 3.8) is 0 Å². The normalized spacial score (nSPS) is 17.9. The number of benzene rings is 1. The number of aliphatic hydroxyl groups is 1. The maximum Gasteiger partial charge on any atom is 0.333 e. The maximum absolute atomic E-state index is 13.7. The van der Waals surface area contributed by atoms with E-state index in [1.54, 1.807) is 27.5 Å². The molecule has 0 saturated heterocycles. The van der Waals surface area contributed by atoms with Crippen LogP contribution in [0, 0.1) is 5.92 Å². The SMILES string of the molecule is C[C@H](O)C(=O)Cc1ccc(-n2c(=O)n(CC3CCC(NC(=O)c4cc(Cl)cnc4C(F)F)CC3)c3ccccc32)cn1. The predicted molar refractivity (Wildman–Crippen MR) is 153 cm³/mol. The van der Waals surface area contributed by atoms with Gasteiger partial charge in [0.25, 0.3) is 12.3 Å². The Morgan fingerprint density at radius 2 is 1.79 bits per heavy atom. The molecular weight excluding hydrogens is 568 g/mol. The third kappa shape index (κ3) is 6.27. The van der Waals surface area contributed by atoms with Crippen LogP contribution < -0.4 is 11.0 Å². The molecule has 3 heterocycles. The first-order chi connectivity index (χ1) is 20.1. The van der Waals surface area contributed by atoms with Gasteiger partial charge in [-0.1, -0.05) is 23.7 Å². The van der Waals surface area contributed by atoms with E-state index < -0.39 is 24.1 Å². The van der Waals surface area contributed by atoms with Crippen molar-refractivity contribution < 1.29 is 23.5 Å². The van der Waals surface area contributed by atoms with Gasteiger partial charge in [-0.05, 0) is 68.9 Å². The largest absolute Gasteiger partial charge is 0.386 e. The highest BCUT2D eigenvalue weighted by molar-refractivity contribution is 6.30. The van der Waals surface area contributed by atoms with Crippen LogP contribution in [0.1, 0.15) is 60.8 Å². The maximum atomic E-state index is 13.7. The minimum atomic E-state index is -2.90. The monoisotopic (exact) mass is 597 g/mol. The number of nitrogens with one attached hydrogen (secondary N) is 1. The van der Waals surface area contributed by atoms with Crippen molar-refractivity contribution in [3.05, 3.63) is 87.3 Å². The summed E-state index contributed by atoms with van der Waals surface area (Å²) in [6.45, 7) is 1.90. The van der Waals surface area contributed by atoms with Crippen molar-refractivity contribution in [2.75, 3.05) is 0 Å². The summed E-state index contributed by atoms with van der Waals surface area (Å²) in [7, 11) is 0. The molecule has 1 saturated carbocycles. The lowest BCUT2D eigenvalue weighted by Crippen LogP contribution is -2.39. The van der Waals surface area contributed by atoms with E-state index in [1.807, 2.05) is 24.3 Å². The number of halogens is 3. The molecule has 1 amide bonds. The van der Waals surface area contributed by atoms with Gasteiger partial charge in [0, 0.05) is 24.5 Å². The third-order valence-electron chi connectivity index (χ3n) is 7.68. The number of nitrogens with zero attached hydrogens (tertiary/aromatic N) is 4. The number of pyridine rings is 2. The average molecular weight is 598 g/mol. The molecule has 1 aromatic carbocycles. The number of imidazole rings is 1. The highest BCUT2D eigenvalue weighted by Crippen LogP contribution is 2.29. The standard InChI is InChI=1S/C30H30ClF2N5O4/c1-17(39)26(40)13-21-10-11-22(15-34-21)38-25-5-3-2-4-24(25)37(30(38)42)16-18-6-8-20(9-7-18)36-29(41)23-12-19(31)14-35-27(23)28(32)33/h2-5,10-12,14-15,17-18,20,28,39H,6-9,13,16H2,1H3,(H,36,41)/t17-,18?,20?/m0/s1. The van der Waals surface area contributed by atoms with Crippen LogP contribution in [0.25, 0.3) is 16.7 Å². The minimum absolute atomic E-state index is 0.00109. The Hall–Kier alpha value is -3.96. The van der Waals surface area contributed by atoms with Crippen LogP contribution in [0.15, 0.2) is 59.7 Å². The molecule has 9 nitrogen and oxygen atoms in total. The lowest BCUT2D eigenvalue weighted by atomic mass is 9.85. The van der Waals surface area contributed by atoms with Crippen LogP contribution >= 0.6 is 11.6 Å². The van der Waals surface area contributed by atoms with Gasteiger partial charge in [-0.25, -0.2) is 13.6 Å². The number of alkyl halides is 2. The second kappa shape index (κ2) is 12.5. The molecule has 42 heavy (non-hydrogen) atoms. The van der Waals surface area contributed by atoms with E-state index >= 15 is 0 Å². The summed E-state index contributed by atoms with van der Waals surface area (Å²) >= 11 is 5.89. The van der Waals surface area contributed by atoms with Gasteiger partial charge in [0.15, 0.2) is 5.78 Å². The zero-order valence-electron chi connectivity index (χ0n) is 22.8. The van der Waals surface area contributed by atoms with Gasteiger partial charge in [0.2, 0.25) is 0 Å². The number of carbonyl (C=O) groups excluding carboxylic acids is 2. The Bertz CT molecular complexity index is 1660. The van der Waals surface area contributed by atoms with Crippen molar-refractivity contribution in [1.82, 2.24) is 24.4 Å². The summed E-state index contributed by atoms with van der Waals surface area (Å²) in [6.07, 6.45) is 1.42. The molecule has 1 atom stereocenters. The summed E-state index contributed by atoms with van der Waals surface area (Å²) < 4.78 is 30.1. The van der Waals surface area contributed by atoms with Crippen molar-refractivity contribution in [1.29, 1.82) is 0 Å². The lowest BCUT2D eigenvalue weighted by Gasteiger charge is -2.29. The predicted octanol–water partition coefficient (Wildman–Crippen LogP) is 4.65. The van der Waals surface area contributed by atoms with Crippen molar-refractivity contribution in [3.8, 4) is 5.69 Å². The van der Waals surface area contributed by atoms with Gasteiger partial charge in [0.05, 0.1) is 39.9 Å². The Morgan fingerprint density at radius 1 is 1.07 bits per heavy atom. The molecular formula is C30H30ClF2N5O4. The number of hydrogen-bond acceptors (Lipinski definition) is 6. The highest BCUT2D eigenvalue weighted by atomic mass is 35.5. The highest BCUT2D eigenvalue weighted by Gasteiger charge is 2.27. The van der Waals surface area contributed by atoms with Gasteiger partial charge in [0.1, 0.15) is 11.8 Å². The Morgan fingerprint density at radius 3 is 2.43 bits per heavy atom. The molecule has 0 unspecified atom stereocenters. The first-order valence-corrected chi connectivity index (χ1v) is 14.1. The lowest BCUT2D eigenvalue weighted by molar-refractivity contribution is -0.125. The Kier molecular flexibility index (Phi) is 8.79. The zero-order valence-corrected chi connectivity index (χ0v) is 23.6. The number of aliphatic hydroxyl groups excluding tert-OH is 1. The van der Waals surface area contributed by atoms with Gasteiger partial charge < -0.3 is 10.4 Å². The number of Topliss-reactive ketones (excluding diaryl/α,β-unsaturated/α-hetero) is 1. The molecule has 4 aromatic rings. The molecule has 1 aliphatic carbocycles. The van der Waals surface area contributed by atoms with Crippen LogP contribution in [0.3, 0.4) is 0 Å². The summed E-state index contributed by atoms with van der Waals surface area (Å²) in [5.41, 5.74) is 1.53. The molecule has 0 bridgehead atoms. The molecule has 0 spiro atoms. The topological polar surface area (TPSA) is 119 Å². The van der Waals surface area contributed by atoms with E-state index in [0.29, 0.717) is 30.8 Å². The van der Waals surface area contributed by atoms with Crippen molar-refractivity contribution in [2.24, 2.45) is 5.92 Å². The van der Waals surface area contributed by atoms with E-state index in [-0.39, 0.29) is 40.4 Å². The summed E-state index contributed by atoms with van der Waals surface area (Å²) in [5, 5.41) is 12.4. The van der Waals surface area contributed by atoms with E-state index in [0.717, 1.165) is 30.1 Å². The Labute approximate surface area is 245 Å². The molecule has 3 aromatic heterocycles. The smallest absolute Gasteiger partial charge is 0.333 e. The minimum Gasteiger partial charge on any atom is -0.386 e. The summed E-state index contributed by atoms with van der Waals surface area (Å²) in [5.74, 6) is -0.790. The molecule has 1 fully saturated rings. The fourth-order valence-corrected chi connectivity index (χ4v) is 5.59. The summed E-state index contributed by atoms with van der Waals surface area (Å²) in [4.78, 5) is 46.3. The van der Waals surface area contributed by atoms with Crippen molar-refractivity contribution in [2.45, 2.75) is 64.1 Å². The third-order valence-corrected chi connectivity index (χ3v) is 7.89. The molecule has 1 aliphatic rings. The molecule has 0 aliphatic heterocycles. The van der Waals surface area contributed by atoms with Crippen LogP contribution in [-0.2, 0) is 17.8 Å². The summed E-state index contributed by atoms with van der Waals surface area (Å²) in [6, 6.07) is 11.9. The molecule has 5 rings (SSSR count). The number of ketones is 1. The van der Waals surface area contributed by atoms with Gasteiger partial charge in [-0.15, -0.1) is 0 Å². The van der Waals surface area contributed by atoms with E-state index in [9.17, 15) is 28.3 Å². The molecule has 12 heteroatoms. The van der Waals surface area contributed by atoms with Gasteiger partial charge in [-0.2, -0.15) is 0 Å². The van der Waals surface area contributed by atoms with Gasteiger partial charge in [-0.3, -0.25) is 28.7 Å². The number of carbonyl (C=O) groups is 2.